The Labute approximate surface area is 183 Å². The second-order valence-electron chi connectivity index (χ2n) is 7.34. The number of carbonyl (C=O) groups excluding carboxylic acids is 1. The number of benzene rings is 3. The van der Waals surface area contributed by atoms with Crippen LogP contribution in [0.15, 0.2) is 78.2 Å². The van der Waals surface area contributed by atoms with Crippen molar-refractivity contribution in [3.05, 3.63) is 94.3 Å². The molecule has 30 heavy (non-hydrogen) atoms. The fourth-order valence-electron chi connectivity index (χ4n) is 4.17. The zero-order valence-electron chi connectivity index (χ0n) is 16.1. The van der Waals surface area contributed by atoms with E-state index in [-0.39, 0.29) is 12.3 Å². The summed E-state index contributed by atoms with van der Waals surface area (Å²) in [7, 11) is 0. The van der Waals surface area contributed by atoms with Crippen LogP contribution in [0.25, 0.3) is 32.2 Å². The van der Waals surface area contributed by atoms with Crippen LogP contribution < -0.4 is 5.73 Å². The molecule has 5 aromatic rings. The summed E-state index contributed by atoms with van der Waals surface area (Å²) in [4.78, 5) is 11.9. The van der Waals surface area contributed by atoms with E-state index in [9.17, 15) is 4.79 Å². The lowest BCUT2D eigenvalue weighted by Crippen LogP contribution is -2.14. The second-order valence-corrected chi connectivity index (χ2v) is 8.69. The molecule has 2 heterocycles. The van der Waals surface area contributed by atoms with Gasteiger partial charge in [0.05, 0.1) is 12.1 Å². The van der Waals surface area contributed by atoms with E-state index in [1.165, 1.54) is 15.6 Å². The summed E-state index contributed by atoms with van der Waals surface area (Å²) in [5.41, 5.74) is 11.0. The maximum absolute atomic E-state index is 11.9. The van der Waals surface area contributed by atoms with Gasteiger partial charge in [-0.1, -0.05) is 60.1 Å². The van der Waals surface area contributed by atoms with E-state index in [2.05, 4.69) is 40.3 Å². The molecule has 0 saturated carbocycles. The van der Waals surface area contributed by atoms with Crippen LogP contribution in [0.1, 0.15) is 11.1 Å². The molecule has 0 saturated heterocycles. The highest BCUT2D eigenvalue weighted by Crippen LogP contribution is 2.37. The number of hydrogen-bond donors (Lipinski definition) is 1. The SMILES string of the molecule is NC(=O)Cc1c(-c2ccccc2)n(Cc2csc3ccc(Cl)cc23)c2ccccc12. The molecular formula is C25H19ClN2OS. The van der Waals surface area contributed by atoms with Crippen molar-refractivity contribution in [3.8, 4) is 11.3 Å². The lowest BCUT2D eigenvalue weighted by Gasteiger charge is -2.13. The van der Waals surface area contributed by atoms with E-state index in [1.54, 1.807) is 11.3 Å². The molecule has 0 aliphatic carbocycles. The number of nitrogens with zero attached hydrogens (tertiary/aromatic N) is 1. The first-order valence-electron chi connectivity index (χ1n) is 9.71. The first-order valence-corrected chi connectivity index (χ1v) is 11.0. The minimum Gasteiger partial charge on any atom is -0.369 e. The Morgan fingerprint density at radius 2 is 1.73 bits per heavy atom. The summed E-state index contributed by atoms with van der Waals surface area (Å²) >= 11 is 8.00. The number of fused-ring (bicyclic) bond motifs is 2. The number of nitrogens with two attached hydrogens (primary N) is 1. The Morgan fingerprint density at radius 1 is 0.967 bits per heavy atom. The van der Waals surface area contributed by atoms with Crippen LogP contribution in [0.4, 0.5) is 0 Å². The van der Waals surface area contributed by atoms with Crippen LogP contribution in [-0.2, 0) is 17.8 Å². The molecule has 3 nitrogen and oxygen atoms in total. The van der Waals surface area contributed by atoms with Gasteiger partial charge in [-0.25, -0.2) is 0 Å². The van der Waals surface area contributed by atoms with Gasteiger partial charge in [0.25, 0.3) is 0 Å². The van der Waals surface area contributed by atoms with Gasteiger partial charge in [-0.2, -0.15) is 0 Å². The third-order valence-electron chi connectivity index (χ3n) is 5.42. The van der Waals surface area contributed by atoms with Crippen molar-refractivity contribution >= 4 is 49.8 Å². The quantitative estimate of drug-likeness (QED) is 0.352. The summed E-state index contributed by atoms with van der Waals surface area (Å²) in [6.07, 6.45) is 0.202. The molecule has 0 spiro atoms. The zero-order valence-corrected chi connectivity index (χ0v) is 17.7. The van der Waals surface area contributed by atoms with Crippen LogP contribution in [0.2, 0.25) is 5.02 Å². The summed E-state index contributed by atoms with van der Waals surface area (Å²) in [6.45, 7) is 0.684. The van der Waals surface area contributed by atoms with Crippen molar-refractivity contribution in [2.24, 2.45) is 5.73 Å². The molecule has 2 N–H and O–H groups in total. The standard InChI is InChI=1S/C25H19ClN2OS/c26-18-10-11-23-20(12-18)17(15-30-23)14-28-22-9-5-4-8-19(22)21(13-24(27)29)25(28)16-6-2-1-3-7-16/h1-12,15H,13-14H2,(H2,27,29). The Morgan fingerprint density at radius 3 is 2.53 bits per heavy atom. The van der Waals surface area contributed by atoms with Crippen molar-refractivity contribution in [1.29, 1.82) is 0 Å². The van der Waals surface area contributed by atoms with Crippen LogP contribution in [0.5, 0.6) is 0 Å². The third kappa shape index (κ3) is 3.28. The third-order valence-corrected chi connectivity index (χ3v) is 6.67. The zero-order chi connectivity index (χ0) is 20.7. The molecule has 0 unspecified atom stereocenters. The Hall–Kier alpha value is -3.08. The molecule has 5 rings (SSSR count). The van der Waals surface area contributed by atoms with Gasteiger partial charge in [-0.05, 0) is 51.7 Å². The number of aromatic nitrogens is 1. The summed E-state index contributed by atoms with van der Waals surface area (Å²) in [6, 6.07) is 24.4. The fraction of sp³-hybridized carbons (Fsp3) is 0.0800. The lowest BCUT2D eigenvalue weighted by molar-refractivity contribution is -0.117. The molecule has 1 amide bonds. The number of thiophene rings is 1. The smallest absolute Gasteiger partial charge is 0.221 e. The number of hydrogen-bond acceptors (Lipinski definition) is 2. The predicted molar refractivity (Wildman–Crippen MR) is 126 cm³/mol. The van der Waals surface area contributed by atoms with Gasteiger partial charge >= 0.3 is 0 Å². The normalized spacial score (nSPS) is 11.4. The van der Waals surface area contributed by atoms with Crippen molar-refractivity contribution in [2.45, 2.75) is 13.0 Å². The molecule has 0 bridgehead atoms. The van der Waals surface area contributed by atoms with Crippen molar-refractivity contribution in [3.63, 3.8) is 0 Å². The number of carbonyl (C=O) groups is 1. The van der Waals surface area contributed by atoms with Crippen molar-refractivity contribution in [2.75, 3.05) is 0 Å². The Kier molecular flexibility index (Phi) is 4.81. The molecule has 148 valence electrons. The molecule has 2 aromatic heterocycles. The number of rotatable bonds is 5. The van der Waals surface area contributed by atoms with E-state index in [4.69, 9.17) is 17.3 Å². The first-order chi connectivity index (χ1) is 14.6. The van der Waals surface area contributed by atoms with Crippen LogP contribution >= 0.6 is 22.9 Å². The van der Waals surface area contributed by atoms with E-state index in [0.717, 1.165) is 32.7 Å². The van der Waals surface area contributed by atoms with Gasteiger partial charge in [0, 0.05) is 27.2 Å². The van der Waals surface area contributed by atoms with Crippen LogP contribution in [0.3, 0.4) is 0 Å². The van der Waals surface area contributed by atoms with Crippen molar-refractivity contribution < 1.29 is 4.79 Å². The van der Waals surface area contributed by atoms with E-state index >= 15 is 0 Å². The highest BCUT2D eigenvalue weighted by molar-refractivity contribution is 7.17. The van der Waals surface area contributed by atoms with Crippen molar-refractivity contribution in [1.82, 2.24) is 4.57 Å². The molecule has 0 aliphatic rings. The van der Waals surface area contributed by atoms with Gasteiger partial charge in [0.1, 0.15) is 0 Å². The van der Waals surface area contributed by atoms with Crippen LogP contribution in [-0.4, -0.2) is 10.5 Å². The molecular weight excluding hydrogens is 412 g/mol. The Bertz CT molecular complexity index is 1380. The maximum Gasteiger partial charge on any atom is 0.221 e. The second kappa shape index (κ2) is 7.63. The van der Waals surface area contributed by atoms with Gasteiger partial charge in [-0.3, -0.25) is 4.79 Å². The van der Waals surface area contributed by atoms with Gasteiger partial charge in [0.2, 0.25) is 5.91 Å². The minimum atomic E-state index is -0.331. The molecule has 0 atom stereocenters. The highest BCUT2D eigenvalue weighted by Gasteiger charge is 2.20. The summed E-state index contributed by atoms with van der Waals surface area (Å²) < 4.78 is 3.51. The molecule has 0 fully saturated rings. The molecule has 3 aromatic carbocycles. The number of para-hydroxylation sites is 1. The number of primary amides is 1. The molecule has 5 heteroatoms. The maximum atomic E-state index is 11.9. The minimum absolute atomic E-state index is 0.202. The largest absolute Gasteiger partial charge is 0.369 e. The molecule has 0 aliphatic heterocycles. The van der Waals surface area contributed by atoms with E-state index in [1.807, 2.05) is 42.5 Å². The number of amides is 1. The highest BCUT2D eigenvalue weighted by atomic mass is 35.5. The first kappa shape index (κ1) is 18.9. The van der Waals surface area contributed by atoms with E-state index in [0.29, 0.717) is 6.54 Å². The average Bonchev–Trinajstić information content (AvgIpc) is 3.28. The number of halogens is 1. The van der Waals surface area contributed by atoms with Gasteiger partial charge in [-0.15, -0.1) is 11.3 Å². The summed E-state index contributed by atoms with van der Waals surface area (Å²) in [5.74, 6) is -0.331. The molecule has 0 radical (unpaired) electrons. The van der Waals surface area contributed by atoms with E-state index < -0.39 is 0 Å². The monoisotopic (exact) mass is 430 g/mol. The lowest BCUT2D eigenvalue weighted by atomic mass is 10.0. The van der Waals surface area contributed by atoms with Gasteiger partial charge < -0.3 is 10.3 Å². The van der Waals surface area contributed by atoms with Crippen LogP contribution in [0, 0.1) is 0 Å². The summed E-state index contributed by atoms with van der Waals surface area (Å²) in [5, 5.41) is 5.16. The topological polar surface area (TPSA) is 48.0 Å². The fourth-order valence-corrected chi connectivity index (χ4v) is 5.27. The Balaban J connectivity index is 1.78. The van der Waals surface area contributed by atoms with Gasteiger partial charge in [0.15, 0.2) is 0 Å². The predicted octanol–water partition coefficient (Wildman–Crippen LogP) is 6.25. The average molecular weight is 431 g/mol.